The third-order valence-electron chi connectivity index (χ3n) is 2.96. The van der Waals surface area contributed by atoms with Gasteiger partial charge < -0.3 is 16.4 Å². The van der Waals surface area contributed by atoms with E-state index < -0.39 is 6.03 Å². The maximum absolute atomic E-state index is 10.8. The van der Waals surface area contributed by atoms with E-state index in [1.54, 1.807) is 11.3 Å². The first kappa shape index (κ1) is 16.5. The number of urea groups is 1. The molecule has 1 unspecified atom stereocenters. The first-order chi connectivity index (χ1) is 9.95. The number of nitrogens with two attached hydrogens (primary N) is 1. The lowest BCUT2D eigenvalue weighted by molar-refractivity contribution is 0.259. The highest BCUT2D eigenvalue weighted by Gasteiger charge is 2.08. The normalized spacial score (nSPS) is 12.1. The lowest BCUT2D eigenvalue weighted by Crippen LogP contribution is -2.19. The van der Waals surface area contributed by atoms with Crippen LogP contribution in [0.2, 0.25) is 0 Å². The van der Waals surface area contributed by atoms with E-state index in [2.05, 4.69) is 55.5 Å². The Kier molecular flexibility index (Phi) is 5.80. The van der Waals surface area contributed by atoms with Crippen molar-refractivity contribution in [1.29, 1.82) is 0 Å². The molecule has 1 atom stereocenters. The van der Waals surface area contributed by atoms with Crippen molar-refractivity contribution < 1.29 is 4.79 Å². The van der Waals surface area contributed by atoms with Gasteiger partial charge in [0.1, 0.15) is 0 Å². The summed E-state index contributed by atoms with van der Waals surface area (Å²) >= 11 is 8.69. The lowest BCUT2D eigenvalue weighted by atomic mass is 10.1. The number of halogens is 2. The standard InChI is InChI=1S/C14H15Br2N3OS/c1-8(18-7-11-6-12(15)13(16)21-11)9-2-4-10(5-3-9)19-14(17)20/h2-6,8,18H,7H2,1H3,(H3,17,19,20). The van der Waals surface area contributed by atoms with E-state index in [0.29, 0.717) is 5.69 Å². The van der Waals surface area contributed by atoms with Gasteiger partial charge in [-0.05, 0) is 62.5 Å². The van der Waals surface area contributed by atoms with E-state index in [4.69, 9.17) is 5.73 Å². The Bertz CT molecular complexity index is 608. The highest BCUT2D eigenvalue weighted by atomic mass is 79.9. The summed E-state index contributed by atoms with van der Waals surface area (Å²) in [4.78, 5) is 12.0. The van der Waals surface area contributed by atoms with E-state index in [1.165, 1.54) is 4.88 Å². The number of primary amides is 1. The number of nitrogens with one attached hydrogen (secondary N) is 2. The van der Waals surface area contributed by atoms with Crippen LogP contribution < -0.4 is 16.4 Å². The molecule has 0 aliphatic carbocycles. The fraction of sp³-hybridized carbons (Fsp3) is 0.214. The van der Waals surface area contributed by atoms with Crippen molar-refractivity contribution in [2.75, 3.05) is 5.32 Å². The Labute approximate surface area is 144 Å². The van der Waals surface area contributed by atoms with Crippen LogP contribution in [0.5, 0.6) is 0 Å². The zero-order chi connectivity index (χ0) is 15.4. The number of rotatable bonds is 5. The highest BCUT2D eigenvalue weighted by molar-refractivity contribution is 9.13. The van der Waals surface area contributed by atoms with Gasteiger partial charge in [0.25, 0.3) is 0 Å². The minimum absolute atomic E-state index is 0.215. The van der Waals surface area contributed by atoms with E-state index in [1.807, 2.05) is 24.3 Å². The maximum atomic E-state index is 10.8. The molecule has 4 N–H and O–H groups in total. The number of amides is 2. The van der Waals surface area contributed by atoms with Gasteiger partial charge in [0.15, 0.2) is 0 Å². The van der Waals surface area contributed by atoms with Gasteiger partial charge in [-0.2, -0.15) is 0 Å². The molecule has 0 aliphatic heterocycles. The van der Waals surface area contributed by atoms with Crippen LogP contribution >= 0.6 is 43.2 Å². The molecular formula is C14H15Br2N3OS. The first-order valence-corrected chi connectivity index (χ1v) is 8.69. The largest absolute Gasteiger partial charge is 0.351 e. The molecule has 0 saturated heterocycles. The molecule has 2 aromatic rings. The van der Waals surface area contributed by atoms with Gasteiger partial charge in [0, 0.05) is 27.6 Å². The topological polar surface area (TPSA) is 67.2 Å². The predicted molar refractivity (Wildman–Crippen MR) is 94.6 cm³/mol. The second-order valence-corrected chi connectivity index (χ2v) is 7.86. The van der Waals surface area contributed by atoms with E-state index >= 15 is 0 Å². The monoisotopic (exact) mass is 431 g/mol. The molecule has 0 aliphatic rings. The molecule has 2 amide bonds. The van der Waals surface area contributed by atoms with E-state index in [9.17, 15) is 4.79 Å². The summed E-state index contributed by atoms with van der Waals surface area (Å²) in [6, 6.07) is 9.41. The SMILES string of the molecule is CC(NCc1cc(Br)c(Br)s1)c1ccc(NC(N)=O)cc1. The molecular weight excluding hydrogens is 418 g/mol. The van der Waals surface area contributed by atoms with Crippen LogP contribution in [-0.2, 0) is 6.54 Å². The average Bonchev–Trinajstić information content (AvgIpc) is 2.75. The van der Waals surface area contributed by atoms with Crippen molar-refractivity contribution in [3.05, 3.63) is 49.0 Å². The van der Waals surface area contributed by atoms with Crippen molar-refractivity contribution in [2.24, 2.45) is 5.73 Å². The first-order valence-electron chi connectivity index (χ1n) is 6.29. The van der Waals surface area contributed by atoms with Gasteiger partial charge in [-0.25, -0.2) is 4.79 Å². The van der Waals surface area contributed by atoms with Crippen molar-refractivity contribution in [1.82, 2.24) is 5.32 Å². The summed E-state index contributed by atoms with van der Waals surface area (Å²) < 4.78 is 2.19. The summed E-state index contributed by atoms with van der Waals surface area (Å²) in [6.45, 7) is 2.91. The highest BCUT2D eigenvalue weighted by Crippen LogP contribution is 2.32. The Morgan fingerprint density at radius 3 is 2.52 bits per heavy atom. The molecule has 0 radical (unpaired) electrons. The predicted octanol–water partition coefficient (Wildman–Crippen LogP) is 4.61. The summed E-state index contributed by atoms with van der Waals surface area (Å²) in [5.41, 5.74) is 6.93. The molecule has 0 spiro atoms. The number of thiophene rings is 1. The molecule has 112 valence electrons. The van der Waals surface area contributed by atoms with Crippen LogP contribution in [0.3, 0.4) is 0 Å². The summed E-state index contributed by atoms with van der Waals surface area (Å²) in [7, 11) is 0. The smallest absolute Gasteiger partial charge is 0.316 e. The quantitative estimate of drug-likeness (QED) is 0.645. The van der Waals surface area contributed by atoms with Crippen molar-refractivity contribution in [2.45, 2.75) is 19.5 Å². The molecule has 1 aromatic heterocycles. The Balaban J connectivity index is 1.93. The average molecular weight is 433 g/mol. The third-order valence-corrected chi connectivity index (χ3v) is 6.21. The summed E-state index contributed by atoms with van der Waals surface area (Å²) in [5, 5.41) is 6.02. The number of hydrogen-bond acceptors (Lipinski definition) is 3. The van der Waals surface area contributed by atoms with Crippen molar-refractivity contribution in [3.8, 4) is 0 Å². The molecule has 1 heterocycles. The number of carbonyl (C=O) groups excluding carboxylic acids is 1. The third kappa shape index (κ3) is 4.81. The van der Waals surface area contributed by atoms with E-state index in [-0.39, 0.29) is 6.04 Å². The van der Waals surface area contributed by atoms with Gasteiger partial charge in [0.05, 0.1) is 3.79 Å². The van der Waals surface area contributed by atoms with Crippen molar-refractivity contribution >= 4 is 54.9 Å². The Morgan fingerprint density at radius 1 is 1.33 bits per heavy atom. The van der Waals surface area contributed by atoms with Gasteiger partial charge in [-0.1, -0.05) is 12.1 Å². The number of benzene rings is 1. The molecule has 0 fully saturated rings. The van der Waals surface area contributed by atoms with Crippen LogP contribution in [-0.4, -0.2) is 6.03 Å². The molecule has 1 aromatic carbocycles. The maximum Gasteiger partial charge on any atom is 0.316 e. The minimum Gasteiger partial charge on any atom is -0.351 e. The second kappa shape index (κ2) is 7.40. The van der Waals surface area contributed by atoms with Crippen molar-refractivity contribution in [3.63, 3.8) is 0 Å². The summed E-state index contributed by atoms with van der Waals surface area (Å²) in [6.07, 6.45) is 0. The zero-order valence-electron chi connectivity index (χ0n) is 11.3. The number of hydrogen-bond donors (Lipinski definition) is 3. The van der Waals surface area contributed by atoms with Crippen LogP contribution in [0.1, 0.15) is 23.4 Å². The van der Waals surface area contributed by atoms with Crippen LogP contribution in [0.25, 0.3) is 0 Å². The fourth-order valence-electron chi connectivity index (χ4n) is 1.85. The second-order valence-electron chi connectivity index (χ2n) is 4.55. The lowest BCUT2D eigenvalue weighted by Gasteiger charge is -2.14. The molecule has 0 bridgehead atoms. The summed E-state index contributed by atoms with van der Waals surface area (Å²) in [5.74, 6) is 0. The van der Waals surface area contributed by atoms with Crippen LogP contribution in [0, 0.1) is 0 Å². The van der Waals surface area contributed by atoms with Crippen LogP contribution in [0.15, 0.2) is 38.6 Å². The number of anilines is 1. The molecule has 4 nitrogen and oxygen atoms in total. The number of carbonyl (C=O) groups is 1. The van der Waals surface area contributed by atoms with Crippen LogP contribution in [0.4, 0.5) is 10.5 Å². The van der Waals surface area contributed by atoms with E-state index in [0.717, 1.165) is 20.4 Å². The zero-order valence-corrected chi connectivity index (χ0v) is 15.3. The Morgan fingerprint density at radius 2 is 2.00 bits per heavy atom. The van der Waals surface area contributed by atoms with Gasteiger partial charge in [0.2, 0.25) is 0 Å². The molecule has 2 rings (SSSR count). The molecule has 7 heteroatoms. The van der Waals surface area contributed by atoms with Gasteiger partial charge >= 0.3 is 6.03 Å². The molecule has 21 heavy (non-hydrogen) atoms. The Hall–Kier alpha value is -0.890. The van der Waals surface area contributed by atoms with Gasteiger partial charge in [-0.3, -0.25) is 0 Å². The minimum atomic E-state index is -0.553. The fourth-order valence-corrected chi connectivity index (χ4v) is 3.98. The van der Waals surface area contributed by atoms with Gasteiger partial charge in [-0.15, -0.1) is 11.3 Å². The molecule has 0 saturated carbocycles.